The summed E-state index contributed by atoms with van der Waals surface area (Å²) in [5.41, 5.74) is 3.90. The van der Waals surface area contributed by atoms with Crippen LogP contribution in [0.2, 0.25) is 0 Å². The van der Waals surface area contributed by atoms with E-state index in [0.29, 0.717) is 6.04 Å². The molecule has 0 spiro atoms. The molecule has 0 fully saturated rings. The predicted octanol–water partition coefficient (Wildman–Crippen LogP) is 1.19. The predicted molar refractivity (Wildman–Crippen MR) is 40.8 cm³/mol. The second kappa shape index (κ2) is 4.53. The Kier molecular flexibility index (Phi) is 4.36. The van der Waals surface area contributed by atoms with Crippen LogP contribution in [0.3, 0.4) is 0 Å². The summed E-state index contributed by atoms with van der Waals surface area (Å²) in [5.74, 6) is 5.24. The normalized spacial score (nSPS) is 13.2. The Hall–Kier alpha value is -0.340. The molecule has 1 atom stereocenters. The highest BCUT2D eigenvalue weighted by molar-refractivity contribution is 4.91. The molecule has 3 N–H and O–H groups in total. The summed E-state index contributed by atoms with van der Waals surface area (Å²) in [5, 5.41) is 0. The highest BCUT2D eigenvalue weighted by Crippen LogP contribution is 2.03. The lowest BCUT2D eigenvalue weighted by Gasteiger charge is -2.11. The molecule has 0 aliphatic carbocycles. The average molecular weight is 128 g/mol. The van der Waals surface area contributed by atoms with Gasteiger partial charge in [0.2, 0.25) is 0 Å². The van der Waals surface area contributed by atoms with E-state index in [1.165, 1.54) is 5.57 Å². The Morgan fingerprint density at radius 3 is 2.44 bits per heavy atom. The van der Waals surface area contributed by atoms with Crippen molar-refractivity contribution in [3.63, 3.8) is 0 Å². The molecule has 2 nitrogen and oxygen atoms in total. The van der Waals surface area contributed by atoms with Crippen molar-refractivity contribution < 1.29 is 0 Å². The van der Waals surface area contributed by atoms with Gasteiger partial charge in [0.05, 0.1) is 0 Å². The van der Waals surface area contributed by atoms with Crippen LogP contribution in [0.1, 0.15) is 26.7 Å². The van der Waals surface area contributed by atoms with Gasteiger partial charge in [-0.3, -0.25) is 11.3 Å². The van der Waals surface area contributed by atoms with Gasteiger partial charge >= 0.3 is 0 Å². The summed E-state index contributed by atoms with van der Waals surface area (Å²) >= 11 is 0. The summed E-state index contributed by atoms with van der Waals surface area (Å²) in [6.07, 6.45) is 2.04. The van der Waals surface area contributed by atoms with Gasteiger partial charge in [0.1, 0.15) is 0 Å². The van der Waals surface area contributed by atoms with Crippen molar-refractivity contribution in [2.75, 3.05) is 0 Å². The molecule has 0 aromatic heterocycles. The average Bonchev–Trinajstić information content (AvgIpc) is 1.82. The van der Waals surface area contributed by atoms with E-state index < -0.39 is 0 Å². The van der Waals surface area contributed by atoms with Crippen LogP contribution in [-0.4, -0.2) is 6.04 Å². The lowest BCUT2D eigenvalue weighted by atomic mass is 10.1. The van der Waals surface area contributed by atoms with E-state index in [2.05, 4.69) is 18.9 Å². The van der Waals surface area contributed by atoms with Crippen LogP contribution >= 0.6 is 0 Å². The van der Waals surface area contributed by atoms with Crippen molar-refractivity contribution in [3.05, 3.63) is 12.2 Å². The van der Waals surface area contributed by atoms with E-state index >= 15 is 0 Å². The zero-order valence-electron chi connectivity index (χ0n) is 6.28. The third-order valence-corrected chi connectivity index (χ3v) is 1.32. The molecule has 0 aromatic carbocycles. The fourth-order valence-corrected chi connectivity index (χ4v) is 0.742. The van der Waals surface area contributed by atoms with E-state index in [4.69, 9.17) is 5.84 Å². The van der Waals surface area contributed by atoms with Crippen LogP contribution in [0.4, 0.5) is 0 Å². The van der Waals surface area contributed by atoms with Crippen molar-refractivity contribution in [3.8, 4) is 0 Å². The van der Waals surface area contributed by atoms with Crippen molar-refractivity contribution in [1.82, 2.24) is 5.43 Å². The highest BCUT2D eigenvalue weighted by Gasteiger charge is 2.00. The van der Waals surface area contributed by atoms with E-state index in [1.807, 2.05) is 6.92 Å². The number of rotatable bonds is 4. The molecule has 54 valence electrons. The first-order valence-corrected chi connectivity index (χ1v) is 3.31. The fraction of sp³-hybridized carbons (Fsp3) is 0.714. The second-order valence-corrected chi connectivity index (χ2v) is 2.43. The van der Waals surface area contributed by atoms with E-state index in [-0.39, 0.29) is 0 Å². The third-order valence-electron chi connectivity index (χ3n) is 1.32. The standard InChI is InChI=1S/C7H16N2/c1-4-7(9-8)5-6(2)3/h7,9H,2,4-5,8H2,1,3H3. The molecule has 0 aliphatic heterocycles. The van der Waals surface area contributed by atoms with Crippen LogP contribution in [0, 0.1) is 0 Å². The number of hydrogen-bond acceptors (Lipinski definition) is 2. The van der Waals surface area contributed by atoms with Gasteiger partial charge in [0, 0.05) is 6.04 Å². The Labute approximate surface area is 57.1 Å². The summed E-state index contributed by atoms with van der Waals surface area (Å²) in [6.45, 7) is 7.91. The van der Waals surface area contributed by atoms with Crippen LogP contribution in [0.5, 0.6) is 0 Å². The maximum Gasteiger partial charge on any atom is 0.0244 e. The molecule has 0 bridgehead atoms. The number of hydrazine groups is 1. The molecular weight excluding hydrogens is 112 g/mol. The largest absolute Gasteiger partial charge is 0.271 e. The lowest BCUT2D eigenvalue weighted by Crippen LogP contribution is -2.34. The van der Waals surface area contributed by atoms with Gasteiger partial charge in [0.15, 0.2) is 0 Å². The highest BCUT2D eigenvalue weighted by atomic mass is 15.2. The molecular formula is C7H16N2. The molecule has 0 saturated heterocycles. The first-order valence-electron chi connectivity index (χ1n) is 3.31. The van der Waals surface area contributed by atoms with Gasteiger partial charge in [-0.1, -0.05) is 12.5 Å². The molecule has 0 heterocycles. The van der Waals surface area contributed by atoms with Crippen LogP contribution in [0.15, 0.2) is 12.2 Å². The summed E-state index contributed by atoms with van der Waals surface area (Å²) in [6, 6.07) is 0.405. The lowest BCUT2D eigenvalue weighted by molar-refractivity contribution is 0.510. The molecule has 9 heavy (non-hydrogen) atoms. The minimum absolute atomic E-state index is 0.405. The van der Waals surface area contributed by atoms with Crippen molar-refractivity contribution >= 4 is 0 Å². The SMILES string of the molecule is C=C(C)CC(CC)NN. The fourth-order valence-electron chi connectivity index (χ4n) is 0.742. The zero-order chi connectivity index (χ0) is 7.28. The Morgan fingerprint density at radius 2 is 2.33 bits per heavy atom. The number of nitrogens with two attached hydrogens (primary N) is 1. The molecule has 1 unspecified atom stereocenters. The molecule has 0 radical (unpaired) electrons. The molecule has 0 saturated carbocycles. The van der Waals surface area contributed by atoms with Gasteiger partial charge in [-0.2, -0.15) is 0 Å². The Bertz CT molecular complexity index is 84.9. The molecule has 0 aromatic rings. The maximum atomic E-state index is 5.24. The maximum absolute atomic E-state index is 5.24. The van der Waals surface area contributed by atoms with Gasteiger partial charge in [-0.15, -0.1) is 6.58 Å². The minimum atomic E-state index is 0.405. The van der Waals surface area contributed by atoms with Gasteiger partial charge in [-0.05, 0) is 19.8 Å². The molecule has 2 heteroatoms. The van der Waals surface area contributed by atoms with Gasteiger partial charge in [-0.25, -0.2) is 0 Å². The Balaban J connectivity index is 3.43. The quantitative estimate of drug-likeness (QED) is 0.339. The molecule has 0 aliphatic rings. The van der Waals surface area contributed by atoms with Gasteiger partial charge in [0.25, 0.3) is 0 Å². The first-order chi connectivity index (χ1) is 4.20. The van der Waals surface area contributed by atoms with E-state index in [1.54, 1.807) is 0 Å². The number of nitrogens with one attached hydrogen (secondary N) is 1. The van der Waals surface area contributed by atoms with Crippen LogP contribution in [0.25, 0.3) is 0 Å². The summed E-state index contributed by atoms with van der Waals surface area (Å²) in [7, 11) is 0. The second-order valence-electron chi connectivity index (χ2n) is 2.43. The Morgan fingerprint density at radius 1 is 1.78 bits per heavy atom. The third kappa shape index (κ3) is 4.18. The smallest absolute Gasteiger partial charge is 0.0244 e. The van der Waals surface area contributed by atoms with Crippen LogP contribution in [-0.2, 0) is 0 Å². The number of hydrogen-bond donors (Lipinski definition) is 2. The van der Waals surface area contributed by atoms with Crippen molar-refractivity contribution in [2.45, 2.75) is 32.7 Å². The molecule has 0 amide bonds. The topological polar surface area (TPSA) is 38.0 Å². The monoisotopic (exact) mass is 128 g/mol. The van der Waals surface area contributed by atoms with Crippen molar-refractivity contribution in [1.29, 1.82) is 0 Å². The van der Waals surface area contributed by atoms with E-state index in [0.717, 1.165) is 12.8 Å². The summed E-state index contributed by atoms with van der Waals surface area (Å²) in [4.78, 5) is 0. The minimum Gasteiger partial charge on any atom is -0.271 e. The zero-order valence-corrected chi connectivity index (χ0v) is 6.28. The molecule has 0 rings (SSSR count). The first kappa shape index (κ1) is 8.66. The summed E-state index contributed by atoms with van der Waals surface area (Å²) < 4.78 is 0. The van der Waals surface area contributed by atoms with Crippen molar-refractivity contribution in [2.24, 2.45) is 5.84 Å². The van der Waals surface area contributed by atoms with E-state index in [9.17, 15) is 0 Å². The van der Waals surface area contributed by atoms with Crippen LogP contribution < -0.4 is 11.3 Å². The van der Waals surface area contributed by atoms with Gasteiger partial charge < -0.3 is 0 Å².